The van der Waals surface area contributed by atoms with Crippen molar-refractivity contribution in [1.29, 1.82) is 0 Å². The Morgan fingerprint density at radius 3 is 2.44 bits per heavy atom. The number of nitrogens with two attached hydrogens (primary N) is 1. The Balaban J connectivity index is 2.18. The molecule has 0 aromatic heterocycles. The predicted molar refractivity (Wildman–Crippen MR) is 96.1 cm³/mol. The Kier molecular flexibility index (Phi) is 5.54. The fraction of sp³-hybridized carbons (Fsp3) is 0.263. The number of hydrogen-bond donors (Lipinski definition) is 3. The van der Waals surface area contributed by atoms with Gasteiger partial charge < -0.3 is 16.4 Å². The van der Waals surface area contributed by atoms with Crippen LogP contribution in [0.3, 0.4) is 0 Å². The summed E-state index contributed by atoms with van der Waals surface area (Å²) in [6.45, 7) is 5.73. The SMILES string of the molecule is Cc1ccc(C(=O)NCC(C)(C)N)cc1NC(=O)c1ccccc1F. The Hall–Kier alpha value is -2.73. The second kappa shape index (κ2) is 7.44. The molecule has 0 unspecified atom stereocenters. The topological polar surface area (TPSA) is 84.2 Å². The maximum Gasteiger partial charge on any atom is 0.258 e. The van der Waals surface area contributed by atoms with Crippen LogP contribution in [0.2, 0.25) is 0 Å². The monoisotopic (exact) mass is 343 g/mol. The van der Waals surface area contributed by atoms with Gasteiger partial charge in [0.25, 0.3) is 11.8 Å². The van der Waals surface area contributed by atoms with Gasteiger partial charge in [-0.25, -0.2) is 4.39 Å². The van der Waals surface area contributed by atoms with Crippen molar-refractivity contribution in [2.24, 2.45) is 5.73 Å². The highest BCUT2D eigenvalue weighted by atomic mass is 19.1. The highest BCUT2D eigenvalue weighted by Gasteiger charge is 2.16. The molecule has 0 heterocycles. The first-order valence-corrected chi connectivity index (χ1v) is 7.91. The number of carbonyl (C=O) groups is 2. The fourth-order valence-corrected chi connectivity index (χ4v) is 2.14. The predicted octanol–water partition coefficient (Wildman–Crippen LogP) is 2.85. The molecule has 2 amide bonds. The molecule has 6 heteroatoms. The quantitative estimate of drug-likeness (QED) is 0.780. The van der Waals surface area contributed by atoms with Gasteiger partial charge in [0.2, 0.25) is 0 Å². The average molecular weight is 343 g/mol. The molecule has 0 fully saturated rings. The Morgan fingerprint density at radius 2 is 1.80 bits per heavy atom. The maximum atomic E-state index is 13.7. The van der Waals surface area contributed by atoms with Crippen LogP contribution >= 0.6 is 0 Å². The number of carbonyl (C=O) groups excluding carboxylic acids is 2. The van der Waals surface area contributed by atoms with Crippen LogP contribution in [-0.4, -0.2) is 23.9 Å². The van der Waals surface area contributed by atoms with Crippen molar-refractivity contribution in [2.75, 3.05) is 11.9 Å². The van der Waals surface area contributed by atoms with E-state index in [1.807, 2.05) is 13.8 Å². The zero-order valence-electron chi connectivity index (χ0n) is 14.5. The molecule has 4 N–H and O–H groups in total. The smallest absolute Gasteiger partial charge is 0.258 e. The van der Waals surface area contributed by atoms with E-state index in [2.05, 4.69) is 10.6 Å². The fourth-order valence-electron chi connectivity index (χ4n) is 2.14. The number of anilines is 1. The minimum absolute atomic E-state index is 0.0540. The Morgan fingerprint density at radius 1 is 1.12 bits per heavy atom. The Labute approximate surface area is 146 Å². The van der Waals surface area contributed by atoms with E-state index in [1.165, 1.54) is 18.2 Å². The molecule has 0 aliphatic carbocycles. The zero-order valence-corrected chi connectivity index (χ0v) is 14.5. The number of benzene rings is 2. The minimum Gasteiger partial charge on any atom is -0.350 e. The second-order valence-corrected chi connectivity index (χ2v) is 6.63. The average Bonchev–Trinajstić information content (AvgIpc) is 2.54. The van der Waals surface area contributed by atoms with E-state index in [4.69, 9.17) is 5.73 Å². The van der Waals surface area contributed by atoms with Gasteiger partial charge in [-0.05, 0) is 50.6 Å². The molecule has 0 bridgehead atoms. The highest BCUT2D eigenvalue weighted by Crippen LogP contribution is 2.19. The summed E-state index contributed by atoms with van der Waals surface area (Å²) >= 11 is 0. The van der Waals surface area contributed by atoms with Crippen LogP contribution in [0.15, 0.2) is 42.5 Å². The maximum absolute atomic E-state index is 13.7. The van der Waals surface area contributed by atoms with E-state index in [0.717, 1.165) is 5.56 Å². The summed E-state index contributed by atoms with van der Waals surface area (Å²) in [5, 5.41) is 5.39. The molecule has 0 aliphatic heterocycles. The third kappa shape index (κ3) is 5.12. The summed E-state index contributed by atoms with van der Waals surface area (Å²) in [4.78, 5) is 24.5. The lowest BCUT2D eigenvalue weighted by atomic mass is 10.1. The number of nitrogens with one attached hydrogen (secondary N) is 2. The number of halogens is 1. The van der Waals surface area contributed by atoms with Crippen LogP contribution in [0.1, 0.15) is 40.1 Å². The van der Waals surface area contributed by atoms with Crippen molar-refractivity contribution in [1.82, 2.24) is 5.32 Å². The molecule has 0 radical (unpaired) electrons. The standard InChI is InChI=1S/C19H22FN3O2/c1-12-8-9-13(17(24)22-11-19(2,3)21)10-16(12)23-18(25)14-6-4-5-7-15(14)20/h4-10H,11,21H2,1-3H3,(H,22,24)(H,23,25). The summed E-state index contributed by atoms with van der Waals surface area (Å²) in [7, 11) is 0. The minimum atomic E-state index is -0.600. The molecular weight excluding hydrogens is 321 g/mol. The third-order valence-corrected chi connectivity index (χ3v) is 3.57. The van der Waals surface area contributed by atoms with Crippen molar-refractivity contribution in [3.8, 4) is 0 Å². The van der Waals surface area contributed by atoms with Gasteiger partial charge in [-0.1, -0.05) is 18.2 Å². The molecule has 0 saturated carbocycles. The number of rotatable bonds is 5. The van der Waals surface area contributed by atoms with Crippen molar-refractivity contribution in [3.05, 3.63) is 65.0 Å². The van der Waals surface area contributed by atoms with E-state index >= 15 is 0 Å². The van der Waals surface area contributed by atoms with Crippen molar-refractivity contribution in [2.45, 2.75) is 26.3 Å². The molecule has 2 rings (SSSR count). The molecule has 25 heavy (non-hydrogen) atoms. The van der Waals surface area contributed by atoms with Crippen molar-refractivity contribution in [3.63, 3.8) is 0 Å². The van der Waals surface area contributed by atoms with E-state index in [0.29, 0.717) is 17.8 Å². The molecule has 2 aromatic carbocycles. The molecule has 2 aromatic rings. The van der Waals surface area contributed by atoms with Gasteiger partial charge in [0.05, 0.1) is 5.56 Å². The zero-order chi connectivity index (χ0) is 18.6. The third-order valence-electron chi connectivity index (χ3n) is 3.57. The molecule has 0 spiro atoms. The van der Waals surface area contributed by atoms with Crippen LogP contribution < -0.4 is 16.4 Å². The lowest BCUT2D eigenvalue weighted by molar-refractivity contribution is 0.0944. The normalized spacial score (nSPS) is 11.1. The number of amides is 2. The lowest BCUT2D eigenvalue weighted by Gasteiger charge is -2.19. The largest absolute Gasteiger partial charge is 0.350 e. The molecular formula is C19H22FN3O2. The lowest BCUT2D eigenvalue weighted by Crippen LogP contribution is -2.45. The van der Waals surface area contributed by atoms with Gasteiger partial charge in [-0.15, -0.1) is 0 Å². The van der Waals surface area contributed by atoms with E-state index in [-0.39, 0.29) is 11.5 Å². The van der Waals surface area contributed by atoms with Crippen molar-refractivity contribution < 1.29 is 14.0 Å². The summed E-state index contributed by atoms with van der Waals surface area (Å²) in [6, 6.07) is 10.7. The molecule has 0 atom stereocenters. The number of aryl methyl sites for hydroxylation is 1. The van der Waals surface area contributed by atoms with Crippen LogP contribution in [0.25, 0.3) is 0 Å². The summed E-state index contributed by atoms with van der Waals surface area (Å²) in [5.74, 6) is -1.46. The molecule has 0 saturated heterocycles. The van der Waals surface area contributed by atoms with Gasteiger partial charge in [0.15, 0.2) is 0 Å². The van der Waals surface area contributed by atoms with Gasteiger partial charge in [-0.3, -0.25) is 9.59 Å². The first kappa shape index (κ1) is 18.6. The van der Waals surface area contributed by atoms with Crippen molar-refractivity contribution >= 4 is 17.5 Å². The van der Waals surface area contributed by atoms with E-state index in [1.54, 1.807) is 31.2 Å². The highest BCUT2D eigenvalue weighted by molar-refractivity contribution is 6.05. The number of hydrogen-bond acceptors (Lipinski definition) is 3. The van der Waals surface area contributed by atoms with Crippen LogP contribution in [0.5, 0.6) is 0 Å². The van der Waals surface area contributed by atoms with E-state index < -0.39 is 17.3 Å². The second-order valence-electron chi connectivity index (χ2n) is 6.63. The van der Waals surface area contributed by atoms with Gasteiger partial charge in [0.1, 0.15) is 5.82 Å². The van der Waals surface area contributed by atoms with E-state index in [9.17, 15) is 14.0 Å². The molecule has 0 aliphatic rings. The van der Waals surface area contributed by atoms with Crippen LogP contribution in [-0.2, 0) is 0 Å². The summed E-state index contributed by atoms with van der Waals surface area (Å²) < 4.78 is 13.7. The summed E-state index contributed by atoms with van der Waals surface area (Å²) in [6.07, 6.45) is 0. The van der Waals surface area contributed by atoms with Crippen LogP contribution in [0, 0.1) is 12.7 Å². The first-order chi connectivity index (χ1) is 11.7. The Bertz CT molecular complexity index is 797. The molecule has 132 valence electrons. The molecule has 5 nitrogen and oxygen atoms in total. The van der Waals surface area contributed by atoms with Gasteiger partial charge >= 0.3 is 0 Å². The van der Waals surface area contributed by atoms with Gasteiger partial charge in [0, 0.05) is 23.3 Å². The summed E-state index contributed by atoms with van der Waals surface area (Å²) in [5.41, 5.74) is 6.88. The van der Waals surface area contributed by atoms with Gasteiger partial charge in [-0.2, -0.15) is 0 Å². The first-order valence-electron chi connectivity index (χ1n) is 7.91. The van der Waals surface area contributed by atoms with Crippen LogP contribution in [0.4, 0.5) is 10.1 Å².